The van der Waals surface area contributed by atoms with Crippen molar-refractivity contribution in [1.29, 1.82) is 0 Å². The van der Waals surface area contributed by atoms with Crippen LogP contribution in [0, 0.1) is 6.92 Å². The third-order valence-electron chi connectivity index (χ3n) is 2.80. The monoisotopic (exact) mass is 210 g/mol. The van der Waals surface area contributed by atoms with Gasteiger partial charge in [0.05, 0.1) is 5.41 Å². The zero-order valence-electron chi connectivity index (χ0n) is 7.88. The maximum absolute atomic E-state index is 11.1. The van der Waals surface area contributed by atoms with Gasteiger partial charge in [-0.15, -0.1) is 0 Å². The van der Waals surface area contributed by atoms with Crippen molar-refractivity contribution in [3.8, 4) is 0 Å². The van der Waals surface area contributed by atoms with Crippen molar-refractivity contribution in [2.45, 2.75) is 25.2 Å². The SMILES string of the molecule is Cc1ccc(C2(C(=O)O)CC2)c(Cl)c1. The normalized spacial score (nSPS) is 17.9. The molecule has 2 nitrogen and oxygen atoms in total. The molecule has 0 aromatic heterocycles. The number of carboxylic acids is 1. The Labute approximate surface area is 87.5 Å². The van der Waals surface area contributed by atoms with Gasteiger partial charge in [0.25, 0.3) is 0 Å². The van der Waals surface area contributed by atoms with Crippen LogP contribution in [0.4, 0.5) is 0 Å². The van der Waals surface area contributed by atoms with Crippen LogP contribution in [0.1, 0.15) is 24.0 Å². The highest BCUT2D eigenvalue weighted by Gasteiger charge is 2.52. The highest BCUT2D eigenvalue weighted by atomic mass is 35.5. The first-order valence-corrected chi connectivity index (χ1v) is 4.94. The van der Waals surface area contributed by atoms with Gasteiger partial charge < -0.3 is 5.11 Å². The van der Waals surface area contributed by atoms with Crippen LogP contribution in [0.5, 0.6) is 0 Å². The van der Waals surface area contributed by atoms with E-state index in [1.54, 1.807) is 0 Å². The van der Waals surface area contributed by atoms with Gasteiger partial charge in [-0.3, -0.25) is 4.79 Å². The highest BCUT2D eigenvalue weighted by molar-refractivity contribution is 6.32. The number of hydrogen-bond acceptors (Lipinski definition) is 1. The van der Waals surface area contributed by atoms with Crippen molar-refractivity contribution in [2.75, 3.05) is 0 Å². The Morgan fingerprint density at radius 3 is 2.57 bits per heavy atom. The van der Waals surface area contributed by atoms with Crippen molar-refractivity contribution in [2.24, 2.45) is 0 Å². The van der Waals surface area contributed by atoms with E-state index >= 15 is 0 Å². The molecule has 1 fully saturated rings. The first-order chi connectivity index (χ1) is 6.56. The van der Waals surface area contributed by atoms with Crippen molar-refractivity contribution < 1.29 is 9.90 Å². The van der Waals surface area contributed by atoms with E-state index in [-0.39, 0.29) is 0 Å². The first kappa shape index (κ1) is 9.53. The third-order valence-corrected chi connectivity index (χ3v) is 3.11. The summed E-state index contributed by atoms with van der Waals surface area (Å²) in [7, 11) is 0. The van der Waals surface area contributed by atoms with Gasteiger partial charge >= 0.3 is 5.97 Å². The Hall–Kier alpha value is -1.02. The van der Waals surface area contributed by atoms with Gasteiger partial charge in [-0.2, -0.15) is 0 Å². The summed E-state index contributed by atoms with van der Waals surface area (Å²) in [4.78, 5) is 11.1. The predicted octanol–water partition coefficient (Wildman–Crippen LogP) is 2.76. The largest absolute Gasteiger partial charge is 0.481 e. The van der Waals surface area contributed by atoms with Gasteiger partial charge in [0.1, 0.15) is 0 Å². The van der Waals surface area contributed by atoms with E-state index in [0.29, 0.717) is 17.9 Å². The van der Waals surface area contributed by atoms with Gasteiger partial charge in [0.2, 0.25) is 0 Å². The van der Waals surface area contributed by atoms with Crippen LogP contribution in [-0.2, 0) is 10.2 Å². The predicted molar refractivity (Wildman–Crippen MR) is 54.7 cm³/mol. The fourth-order valence-electron chi connectivity index (χ4n) is 1.73. The van der Waals surface area contributed by atoms with Crippen LogP contribution in [0.25, 0.3) is 0 Å². The van der Waals surface area contributed by atoms with Crippen molar-refractivity contribution in [1.82, 2.24) is 0 Å². The lowest BCUT2D eigenvalue weighted by Crippen LogP contribution is -2.19. The lowest BCUT2D eigenvalue weighted by molar-refractivity contribution is -0.140. The number of benzene rings is 1. The molecule has 0 spiro atoms. The van der Waals surface area contributed by atoms with Crippen LogP contribution in [0.3, 0.4) is 0 Å². The maximum atomic E-state index is 11.1. The van der Waals surface area contributed by atoms with Crippen LogP contribution < -0.4 is 0 Å². The molecule has 1 aromatic rings. The average molecular weight is 211 g/mol. The van der Waals surface area contributed by atoms with E-state index < -0.39 is 11.4 Å². The Kier molecular flexibility index (Phi) is 2.04. The summed E-state index contributed by atoms with van der Waals surface area (Å²) in [6, 6.07) is 5.56. The van der Waals surface area contributed by atoms with E-state index in [9.17, 15) is 4.79 Å². The molecule has 1 aliphatic carbocycles. The molecule has 1 aromatic carbocycles. The third kappa shape index (κ3) is 1.30. The minimum atomic E-state index is -0.761. The van der Waals surface area contributed by atoms with Crippen molar-refractivity contribution >= 4 is 17.6 Å². The van der Waals surface area contributed by atoms with Gasteiger partial charge in [-0.1, -0.05) is 23.7 Å². The van der Waals surface area contributed by atoms with Gasteiger partial charge in [0.15, 0.2) is 0 Å². The lowest BCUT2D eigenvalue weighted by Gasteiger charge is -2.12. The molecule has 74 valence electrons. The number of aliphatic carboxylic acids is 1. The molecule has 1 aliphatic rings. The molecule has 14 heavy (non-hydrogen) atoms. The van der Waals surface area contributed by atoms with Crippen molar-refractivity contribution in [3.05, 3.63) is 34.3 Å². The Morgan fingerprint density at radius 1 is 1.50 bits per heavy atom. The summed E-state index contributed by atoms with van der Waals surface area (Å²) in [6.45, 7) is 1.94. The summed E-state index contributed by atoms with van der Waals surface area (Å²) in [5.74, 6) is -0.761. The Morgan fingerprint density at radius 2 is 2.14 bits per heavy atom. The van der Waals surface area contributed by atoms with E-state index in [2.05, 4.69) is 0 Å². The van der Waals surface area contributed by atoms with E-state index in [4.69, 9.17) is 16.7 Å². The molecule has 3 heteroatoms. The molecule has 0 amide bonds. The number of hydrogen-bond donors (Lipinski definition) is 1. The lowest BCUT2D eigenvalue weighted by atomic mass is 9.95. The summed E-state index contributed by atoms with van der Waals surface area (Å²) >= 11 is 6.03. The minimum absolute atomic E-state index is 0.574. The fourth-order valence-corrected chi connectivity index (χ4v) is 2.15. The fraction of sp³-hybridized carbons (Fsp3) is 0.364. The van der Waals surface area contributed by atoms with Gasteiger partial charge in [-0.05, 0) is 37.0 Å². The zero-order valence-corrected chi connectivity index (χ0v) is 8.64. The zero-order chi connectivity index (χ0) is 10.3. The standard InChI is InChI=1S/C11H11ClO2/c1-7-2-3-8(9(12)6-7)11(4-5-11)10(13)14/h2-3,6H,4-5H2,1H3,(H,13,14). The molecule has 0 bridgehead atoms. The van der Waals surface area contributed by atoms with Crippen LogP contribution in [0.2, 0.25) is 5.02 Å². The topological polar surface area (TPSA) is 37.3 Å². The second-order valence-electron chi connectivity index (χ2n) is 3.87. The Balaban J connectivity index is 2.47. The number of carboxylic acid groups (broad SMARTS) is 1. The molecule has 1 N–H and O–H groups in total. The first-order valence-electron chi connectivity index (χ1n) is 4.56. The van der Waals surface area contributed by atoms with Crippen LogP contribution >= 0.6 is 11.6 Å². The quantitative estimate of drug-likeness (QED) is 0.815. The number of aryl methyl sites for hydroxylation is 1. The molecule has 0 aliphatic heterocycles. The molecule has 0 heterocycles. The molecular formula is C11H11ClO2. The number of carbonyl (C=O) groups is 1. The highest BCUT2D eigenvalue weighted by Crippen LogP contribution is 2.50. The smallest absolute Gasteiger partial charge is 0.314 e. The molecule has 0 atom stereocenters. The van der Waals surface area contributed by atoms with Crippen LogP contribution in [0.15, 0.2) is 18.2 Å². The maximum Gasteiger partial charge on any atom is 0.314 e. The number of rotatable bonds is 2. The second kappa shape index (κ2) is 2.99. The molecule has 0 unspecified atom stereocenters. The van der Waals surface area contributed by atoms with E-state index in [1.165, 1.54) is 0 Å². The van der Waals surface area contributed by atoms with Crippen LogP contribution in [-0.4, -0.2) is 11.1 Å². The minimum Gasteiger partial charge on any atom is -0.481 e. The summed E-state index contributed by atoms with van der Waals surface area (Å²) in [5, 5.41) is 9.67. The molecule has 0 saturated heterocycles. The molecule has 1 saturated carbocycles. The van der Waals surface area contributed by atoms with Crippen molar-refractivity contribution in [3.63, 3.8) is 0 Å². The van der Waals surface area contributed by atoms with Gasteiger partial charge in [-0.25, -0.2) is 0 Å². The average Bonchev–Trinajstić information content (AvgIpc) is 2.84. The number of halogens is 1. The molecule has 2 rings (SSSR count). The summed E-state index contributed by atoms with van der Waals surface area (Å²) in [6.07, 6.45) is 1.40. The summed E-state index contributed by atoms with van der Waals surface area (Å²) in [5.41, 5.74) is 1.13. The second-order valence-corrected chi connectivity index (χ2v) is 4.28. The molecule has 0 radical (unpaired) electrons. The van der Waals surface area contributed by atoms with Gasteiger partial charge in [0, 0.05) is 5.02 Å². The summed E-state index contributed by atoms with van der Waals surface area (Å²) < 4.78 is 0. The van der Waals surface area contributed by atoms with E-state index in [0.717, 1.165) is 11.1 Å². The Bertz CT molecular complexity index is 394. The molecular weight excluding hydrogens is 200 g/mol. The van der Waals surface area contributed by atoms with E-state index in [1.807, 2.05) is 25.1 Å².